The molecule has 0 radical (unpaired) electrons. The molecule has 0 bridgehead atoms. The second kappa shape index (κ2) is 5.76. The number of hydrogen-bond acceptors (Lipinski definition) is 4. The predicted molar refractivity (Wildman–Crippen MR) is 75.7 cm³/mol. The van der Waals surface area contributed by atoms with Gasteiger partial charge in [0, 0.05) is 26.1 Å². The van der Waals surface area contributed by atoms with E-state index in [9.17, 15) is 14.3 Å². The number of carbonyl (C=O) groups excluding carboxylic acids is 1. The summed E-state index contributed by atoms with van der Waals surface area (Å²) in [5.74, 6) is -0.602. The molecule has 1 aromatic rings. The number of halogens is 1. The molecule has 6 heteroatoms. The average Bonchev–Trinajstić information content (AvgIpc) is 2.70. The molecule has 1 fully saturated rings. The molecule has 0 saturated carbocycles. The second-order valence-electron chi connectivity index (χ2n) is 5.55. The first-order valence-electron chi connectivity index (χ1n) is 6.65. The van der Waals surface area contributed by atoms with Gasteiger partial charge in [0.05, 0.1) is 17.0 Å². The van der Waals surface area contributed by atoms with E-state index >= 15 is 0 Å². The summed E-state index contributed by atoms with van der Waals surface area (Å²) in [5.41, 5.74) is 5.60. The van der Waals surface area contributed by atoms with Crippen molar-refractivity contribution >= 4 is 17.3 Å². The molecule has 1 aliphatic heterocycles. The van der Waals surface area contributed by atoms with Crippen molar-refractivity contribution in [2.24, 2.45) is 0 Å². The third-order valence-electron chi connectivity index (χ3n) is 3.47. The number of nitrogens with two attached hydrogens (primary N) is 1. The number of aliphatic hydroxyl groups is 1. The van der Waals surface area contributed by atoms with Gasteiger partial charge in [-0.3, -0.25) is 9.69 Å². The van der Waals surface area contributed by atoms with Gasteiger partial charge >= 0.3 is 0 Å². The number of benzene rings is 1. The lowest BCUT2D eigenvalue weighted by Crippen LogP contribution is -2.31. The van der Waals surface area contributed by atoms with E-state index in [0.29, 0.717) is 25.2 Å². The molecule has 0 aromatic heterocycles. The Labute approximate surface area is 117 Å². The van der Waals surface area contributed by atoms with E-state index in [1.807, 2.05) is 4.90 Å². The monoisotopic (exact) mass is 281 g/mol. The summed E-state index contributed by atoms with van der Waals surface area (Å²) in [4.78, 5) is 13.9. The molecular formula is C14H20FN3O2. The number of rotatable bonds is 4. The molecular weight excluding hydrogens is 261 g/mol. The fourth-order valence-corrected chi connectivity index (χ4v) is 2.35. The van der Waals surface area contributed by atoms with E-state index in [0.717, 1.165) is 13.0 Å². The zero-order chi connectivity index (χ0) is 14.8. The van der Waals surface area contributed by atoms with Crippen LogP contribution in [-0.2, 0) is 4.79 Å². The first kappa shape index (κ1) is 14.7. The first-order valence-corrected chi connectivity index (χ1v) is 6.65. The van der Waals surface area contributed by atoms with Crippen LogP contribution in [0.4, 0.5) is 15.8 Å². The van der Waals surface area contributed by atoms with Crippen LogP contribution < -0.4 is 11.1 Å². The Bertz CT molecular complexity index is 505. The highest BCUT2D eigenvalue weighted by Gasteiger charge is 2.30. The predicted octanol–water partition coefficient (Wildman–Crippen LogP) is 1.19. The molecule has 1 atom stereocenters. The fourth-order valence-electron chi connectivity index (χ4n) is 2.35. The van der Waals surface area contributed by atoms with Crippen molar-refractivity contribution in [2.45, 2.75) is 25.4 Å². The van der Waals surface area contributed by atoms with Gasteiger partial charge in [-0.2, -0.15) is 0 Å². The van der Waals surface area contributed by atoms with Crippen LogP contribution in [0.5, 0.6) is 0 Å². The molecule has 0 aliphatic carbocycles. The van der Waals surface area contributed by atoms with Gasteiger partial charge in [0.25, 0.3) is 0 Å². The second-order valence-corrected chi connectivity index (χ2v) is 5.55. The quantitative estimate of drug-likeness (QED) is 0.724. The highest BCUT2D eigenvalue weighted by atomic mass is 19.1. The summed E-state index contributed by atoms with van der Waals surface area (Å²) < 4.78 is 12.9. The molecule has 5 nitrogen and oxygen atoms in total. The topological polar surface area (TPSA) is 78.6 Å². The third-order valence-corrected chi connectivity index (χ3v) is 3.47. The Morgan fingerprint density at radius 2 is 2.35 bits per heavy atom. The van der Waals surface area contributed by atoms with Crippen LogP contribution in [0.3, 0.4) is 0 Å². The molecule has 4 N–H and O–H groups in total. The minimum atomic E-state index is -0.655. The number of anilines is 2. The van der Waals surface area contributed by atoms with Crippen molar-refractivity contribution in [3.05, 3.63) is 24.0 Å². The van der Waals surface area contributed by atoms with Crippen LogP contribution in [0.2, 0.25) is 0 Å². The zero-order valence-corrected chi connectivity index (χ0v) is 11.5. The molecule has 0 spiro atoms. The Balaban J connectivity index is 1.81. The number of likely N-dealkylation sites (tertiary alicyclic amines) is 1. The largest absolute Gasteiger partial charge is 0.397 e. The number of carbonyl (C=O) groups is 1. The van der Waals surface area contributed by atoms with E-state index < -0.39 is 11.4 Å². The number of nitrogens with one attached hydrogen (secondary N) is 1. The van der Waals surface area contributed by atoms with E-state index in [1.54, 1.807) is 6.92 Å². The summed E-state index contributed by atoms with van der Waals surface area (Å²) in [5, 5.41) is 12.5. The summed E-state index contributed by atoms with van der Waals surface area (Å²) in [6.45, 7) is 3.76. The normalized spacial score (nSPS) is 22.9. The number of hydrogen-bond donors (Lipinski definition) is 3. The maximum atomic E-state index is 12.9. The zero-order valence-electron chi connectivity index (χ0n) is 11.5. The molecule has 2 rings (SSSR count). The highest BCUT2D eigenvalue weighted by Crippen LogP contribution is 2.21. The lowest BCUT2D eigenvalue weighted by molar-refractivity contribution is -0.116. The Kier molecular flexibility index (Phi) is 4.25. The lowest BCUT2D eigenvalue weighted by Gasteiger charge is -2.18. The van der Waals surface area contributed by atoms with Crippen molar-refractivity contribution in [2.75, 3.05) is 30.7 Å². The van der Waals surface area contributed by atoms with Crippen molar-refractivity contribution in [3.63, 3.8) is 0 Å². The standard InChI is InChI=1S/C14H20FN3O2/c1-14(20)5-7-18(9-14)6-4-13(19)17-12-3-2-10(15)8-11(12)16/h2-3,8,20H,4-7,9,16H2,1H3,(H,17,19). The average molecular weight is 281 g/mol. The summed E-state index contributed by atoms with van der Waals surface area (Å²) >= 11 is 0. The Morgan fingerprint density at radius 1 is 1.60 bits per heavy atom. The van der Waals surface area contributed by atoms with Crippen molar-refractivity contribution in [1.29, 1.82) is 0 Å². The van der Waals surface area contributed by atoms with Crippen LogP contribution in [0, 0.1) is 5.82 Å². The first-order chi connectivity index (χ1) is 9.35. The molecule has 1 amide bonds. The number of nitrogen functional groups attached to an aromatic ring is 1. The van der Waals surface area contributed by atoms with E-state index in [1.165, 1.54) is 18.2 Å². The fraction of sp³-hybridized carbons (Fsp3) is 0.500. The van der Waals surface area contributed by atoms with E-state index in [-0.39, 0.29) is 11.6 Å². The highest BCUT2D eigenvalue weighted by molar-refractivity contribution is 5.93. The van der Waals surface area contributed by atoms with Crippen LogP contribution in [0.15, 0.2) is 18.2 Å². The minimum absolute atomic E-state index is 0.171. The van der Waals surface area contributed by atoms with Gasteiger partial charge in [0.2, 0.25) is 5.91 Å². The number of β-amino-alcohol motifs (C(OH)–C–C–N with tert-alkyl or cyclic N) is 1. The van der Waals surface area contributed by atoms with Crippen molar-refractivity contribution < 1.29 is 14.3 Å². The Morgan fingerprint density at radius 3 is 2.95 bits per heavy atom. The maximum absolute atomic E-state index is 12.9. The number of nitrogens with zero attached hydrogens (tertiary/aromatic N) is 1. The number of amides is 1. The smallest absolute Gasteiger partial charge is 0.225 e. The van der Waals surface area contributed by atoms with Crippen LogP contribution >= 0.6 is 0 Å². The summed E-state index contributed by atoms with van der Waals surface area (Å²) in [6, 6.07) is 3.88. The minimum Gasteiger partial charge on any atom is -0.397 e. The molecule has 1 unspecified atom stereocenters. The third kappa shape index (κ3) is 3.91. The van der Waals surface area contributed by atoms with Gasteiger partial charge < -0.3 is 16.2 Å². The van der Waals surface area contributed by atoms with E-state index in [2.05, 4.69) is 5.32 Å². The molecule has 1 aromatic carbocycles. The van der Waals surface area contributed by atoms with Crippen LogP contribution in [0.25, 0.3) is 0 Å². The van der Waals surface area contributed by atoms with Gasteiger partial charge in [-0.1, -0.05) is 0 Å². The molecule has 20 heavy (non-hydrogen) atoms. The molecule has 1 saturated heterocycles. The SMILES string of the molecule is CC1(O)CCN(CCC(=O)Nc2ccc(F)cc2N)C1. The van der Waals surface area contributed by atoms with Crippen LogP contribution in [-0.4, -0.2) is 41.1 Å². The van der Waals surface area contributed by atoms with Crippen LogP contribution in [0.1, 0.15) is 19.8 Å². The maximum Gasteiger partial charge on any atom is 0.225 e. The van der Waals surface area contributed by atoms with Crippen molar-refractivity contribution in [3.8, 4) is 0 Å². The molecule has 1 heterocycles. The van der Waals surface area contributed by atoms with Gasteiger partial charge in [-0.25, -0.2) is 4.39 Å². The Hall–Kier alpha value is -1.66. The molecule has 110 valence electrons. The molecule has 1 aliphatic rings. The van der Waals surface area contributed by atoms with Gasteiger partial charge in [-0.15, -0.1) is 0 Å². The summed E-state index contributed by atoms with van der Waals surface area (Å²) in [7, 11) is 0. The van der Waals surface area contributed by atoms with Gasteiger partial charge in [0.15, 0.2) is 0 Å². The van der Waals surface area contributed by atoms with Gasteiger partial charge in [-0.05, 0) is 31.5 Å². The van der Waals surface area contributed by atoms with E-state index in [4.69, 9.17) is 5.73 Å². The summed E-state index contributed by atoms with van der Waals surface area (Å²) in [6.07, 6.45) is 1.03. The lowest BCUT2D eigenvalue weighted by atomic mass is 10.1. The van der Waals surface area contributed by atoms with Crippen molar-refractivity contribution in [1.82, 2.24) is 4.90 Å². The van der Waals surface area contributed by atoms with Gasteiger partial charge in [0.1, 0.15) is 5.82 Å².